The first-order chi connectivity index (χ1) is 13.5. The minimum Gasteiger partial charge on any atom is -0.455 e. The Bertz CT molecular complexity index is 1110. The van der Waals surface area contributed by atoms with Gasteiger partial charge in [0.15, 0.2) is 11.4 Å². The van der Waals surface area contributed by atoms with Crippen LogP contribution >= 0.6 is 0 Å². The van der Waals surface area contributed by atoms with Crippen molar-refractivity contribution >= 4 is 21.6 Å². The number of hydrogen-bond acceptors (Lipinski definition) is 6. The van der Waals surface area contributed by atoms with E-state index in [4.69, 9.17) is 4.42 Å². The Morgan fingerprint density at radius 2 is 2.04 bits per heavy atom. The highest BCUT2D eigenvalue weighted by molar-refractivity contribution is 7.89. The van der Waals surface area contributed by atoms with Crippen LogP contribution < -0.4 is 5.32 Å². The predicted octanol–water partition coefficient (Wildman–Crippen LogP) is 1.39. The number of fused-ring (bicyclic) bond motifs is 1. The molecule has 4 rings (SSSR count). The normalized spacial score (nSPS) is 15.3. The van der Waals surface area contributed by atoms with Crippen LogP contribution in [0.2, 0.25) is 0 Å². The largest absolute Gasteiger partial charge is 0.455 e. The number of aryl methyl sites for hydroxylation is 1. The van der Waals surface area contributed by atoms with Crippen molar-refractivity contribution in [3.63, 3.8) is 0 Å². The van der Waals surface area contributed by atoms with Crippen molar-refractivity contribution in [2.24, 2.45) is 0 Å². The second kappa shape index (κ2) is 7.36. The van der Waals surface area contributed by atoms with Gasteiger partial charge in [-0.05, 0) is 31.9 Å². The third-order valence-corrected chi connectivity index (χ3v) is 6.80. The molecule has 0 saturated carbocycles. The number of nitrogens with zero attached hydrogens (tertiary/aromatic N) is 4. The summed E-state index contributed by atoms with van der Waals surface area (Å²) in [6.45, 7) is 2.88. The Kier molecular flexibility index (Phi) is 4.90. The second-order valence-electron chi connectivity index (χ2n) is 6.69. The molecule has 3 aromatic rings. The average molecular weight is 403 g/mol. The number of aromatic nitrogens is 3. The Morgan fingerprint density at radius 1 is 1.25 bits per heavy atom. The molecule has 0 unspecified atom stereocenters. The molecule has 1 saturated heterocycles. The van der Waals surface area contributed by atoms with Crippen molar-refractivity contribution < 1.29 is 17.6 Å². The van der Waals surface area contributed by atoms with E-state index in [-0.39, 0.29) is 16.4 Å². The molecule has 3 aromatic heterocycles. The molecule has 28 heavy (non-hydrogen) atoms. The molecule has 10 heteroatoms. The van der Waals surface area contributed by atoms with Gasteiger partial charge in [0.2, 0.25) is 10.0 Å². The first-order valence-electron chi connectivity index (χ1n) is 9.14. The monoisotopic (exact) mass is 403 g/mol. The lowest BCUT2D eigenvalue weighted by Gasteiger charge is -2.14. The van der Waals surface area contributed by atoms with Crippen molar-refractivity contribution in [1.82, 2.24) is 24.2 Å². The van der Waals surface area contributed by atoms with Crippen LogP contribution in [0.5, 0.6) is 0 Å². The maximum absolute atomic E-state index is 12.7. The molecule has 0 spiro atoms. The summed E-state index contributed by atoms with van der Waals surface area (Å²) in [5, 5.41) is 10.9. The minimum absolute atomic E-state index is 0.0126. The summed E-state index contributed by atoms with van der Waals surface area (Å²) in [4.78, 5) is 12.5. The summed E-state index contributed by atoms with van der Waals surface area (Å²) in [6.07, 6.45) is 4.04. The van der Waals surface area contributed by atoms with E-state index in [0.717, 1.165) is 24.3 Å². The summed E-state index contributed by atoms with van der Waals surface area (Å²) in [6, 6.07) is 6.92. The molecule has 1 aliphatic rings. The van der Waals surface area contributed by atoms with Gasteiger partial charge in [0, 0.05) is 38.3 Å². The van der Waals surface area contributed by atoms with Gasteiger partial charge in [-0.1, -0.05) is 6.07 Å². The van der Waals surface area contributed by atoms with Crippen LogP contribution in [0.1, 0.15) is 35.0 Å². The molecule has 1 amide bonds. The number of hydrogen-bond donors (Lipinski definition) is 1. The van der Waals surface area contributed by atoms with Crippen LogP contribution in [-0.4, -0.2) is 52.9 Å². The van der Waals surface area contributed by atoms with Gasteiger partial charge in [0.25, 0.3) is 5.91 Å². The lowest BCUT2D eigenvalue weighted by molar-refractivity contribution is 0.0925. The molecule has 0 atom stereocenters. The molecular formula is C18H21N5O4S. The van der Waals surface area contributed by atoms with E-state index < -0.39 is 15.9 Å². The van der Waals surface area contributed by atoms with Crippen molar-refractivity contribution in [2.45, 2.75) is 31.1 Å². The average Bonchev–Trinajstić information content (AvgIpc) is 3.41. The van der Waals surface area contributed by atoms with Gasteiger partial charge in [-0.2, -0.15) is 4.31 Å². The first-order valence-corrected chi connectivity index (χ1v) is 10.6. The second-order valence-corrected chi connectivity index (χ2v) is 8.60. The van der Waals surface area contributed by atoms with Crippen molar-refractivity contribution in [3.05, 3.63) is 47.8 Å². The van der Waals surface area contributed by atoms with Gasteiger partial charge in [-0.15, -0.1) is 10.2 Å². The van der Waals surface area contributed by atoms with E-state index in [1.807, 2.05) is 28.8 Å². The lowest BCUT2D eigenvalue weighted by Crippen LogP contribution is -2.28. The van der Waals surface area contributed by atoms with Crippen LogP contribution in [0.3, 0.4) is 0 Å². The van der Waals surface area contributed by atoms with Crippen molar-refractivity contribution in [1.29, 1.82) is 0 Å². The van der Waals surface area contributed by atoms with Gasteiger partial charge in [0.05, 0.1) is 0 Å². The first kappa shape index (κ1) is 18.6. The van der Waals surface area contributed by atoms with Gasteiger partial charge in [-0.3, -0.25) is 9.20 Å². The Balaban J connectivity index is 1.43. The maximum Gasteiger partial charge on any atom is 0.287 e. The fourth-order valence-electron chi connectivity index (χ4n) is 3.34. The number of sulfonamides is 1. The summed E-state index contributed by atoms with van der Waals surface area (Å²) in [5.41, 5.74) is 0.738. The lowest BCUT2D eigenvalue weighted by atomic mass is 10.3. The van der Waals surface area contributed by atoms with Crippen molar-refractivity contribution in [3.8, 4) is 0 Å². The highest BCUT2D eigenvalue weighted by atomic mass is 32.2. The summed E-state index contributed by atoms with van der Waals surface area (Å²) in [7, 11) is -3.62. The van der Waals surface area contributed by atoms with E-state index >= 15 is 0 Å². The quantitative estimate of drug-likeness (QED) is 0.666. The summed E-state index contributed by atoms with van der Waals surface area (Å²) >= 11 is 0. The topological polar surface area (TPSA) is 110 Å². The maximum atomic E-state index is 12.7. The summed E-state index contributed by atoms with van der Waals surface area (Å²) in [5.74, 6) is 0.477. The number of carbonyl (C=O) groups is 1. The number of pyridine rings is 1. The van der Waals surface area contributed by atoms with Gasteiger partial charge in [0.1, 0.15) is 16.5 Å². The molecule has 1 N–H and O–H groups in total. The molecule has 9 nitrogen and oxygen atoms in total. The van der Waals surface area contributed by atoms with E-state index in [1.54, 1.807) is 6.92 Å². The zero-order chi connectivity index (χ0) is 19.7. The van der Waals surface area contributed by atoms with Crippen molar-refractivity contribution in [2.75, 3.05) is 19.6 Å². The minimum atomic E-state index is -3.62. The molecule has 0 bridgehead atoms. The van der Waals surface area contributed by atoms with Gasteiger partial charge < -0.3 is 9.73 Å². The fraction of sp³-hybridized carbons (Fsp3) is 0.389. The molecular weight excluding hydrogens is 382 g/mol. The third kappa shape index (κ3) is 3.40. The Morgan fingerprint density at radius 3 is 2.82 bits per heavy atom. The predicted molar refractivity (Wildman–Crippen MR) is 100 cm³/mol. The van der Waals surface area contributed by atoms with E-state index in [0.29, 0.717) is 26.1 Å². The smallest absolute Gasteiger partial charge is 0.287 e. The standard InChI is InChI=1S/C18H21N5O4S/c1-13-15(28(25,26)22-9-4-5-10-22)12-14(27-13)18(24)19-8-7-17-21-20-16-6-2-3-11-23(16)17/h2-3,6,11-12H,4-5,7-10H2,1H3,(H,19,24). The van der Waals surface area contributed by atoms with Crippen LogP contribution in [0, 0.1) is 6.92 Å². The Labute approximate surface area is 162 Å². The molecule has 1 aliphatic heterocycles. The molecule has 0 aromatic carbocycles. The van der Waals surface area contributed by atoms with Crippen LogP contribution in [0.25, 0.3) is 5.65 Å². The Hall–Kier alpha value is -2.72. The fourth-order valence-corrected chi connectivity index (χ4v) is 5.02. The van der Waals surface area contributed by atoms with Crippen LogP contribution in [0.4, 0.5) is 0 Å². The molecule has 0 radical (unpaired) electrons. The molecule has 4 heterocycles. The molecule has 148 valence electrons. The highest BCUT2D eigenvalue weighted by Gasteiger charge is 2.31. The van der Waals surface area contributed by atoms with E-state index in [1.165, 1.54) is 10.4 Å². The number of furan rings is 1. The third-order valence-electron chi connectivity index (χ3n) is 4.80. The van der Waals surface area contributed by atoms with Crippen LogP contribution in [0.15, 0.2) is 39.8 Å². The number of amides is 1. The van der Waals surface area contributed by atoms with Gasteiger partial charge >= 0.3 is 0 Å². The SMILES string of the molecule is Cc1oc(C(=O)NCCc2nnc3ccccn23)cc1S(=O)(=O)N1CCCC1. The van der Waals surface area contributed by atoms with Crippen LogP contribution in [-0.2, 0) is 16.4 Å². The van der Waals surface area contributed by atoms with E-state index in [9.17, 15) is 13.2 Å². The number of rotatable bonds is 6. The zero-order valence-corrected chi connectivity index (χ0v) is 16.3. The zero-order valence-electron chi connectivity index (χ0n) is 15.5. The highest BCUT2D eigenvalue weighted by Crippen LogP contribution is 2.26. The number of nitrogens with one attached hydrogen (secondary N) is 1. The van der Waals surface area contributed by atoms with E-state index in [2.05, 4.69) is 15.5 Å². The molecule has 1 fully saturated rings. The number of carbonyl (C=O) groups excluding carboxylic acids is 1. The molecule has 0 aliphatic carbocycles. The van der Waals surface area contributed by atoms with Gasteiger partial charge in [-0.25, -0.2) is 8.42 Å². The summed E-state index contributed by atoms with van der Waals surface area (Å²) < 4.78 is 34.1.